The fraction of sp³-hybridized carbons (Fsp3) is 0.571. The molecular formula is C14H20FNO2S. The van der Waals surface area contributed by atoms with Crippen LogP contribution in [0.25, 0.3) is 0 Å². The summed E-state index contributed by atoms with van der Waals surface area (Å²) < 4.78 is 38.7. The van der Waals surface area contributed by atoms with E-state index >= 15 is 0 Å². The quantitative estimate of drug-likeness (QED) is 0.852. The lowest BCUT2D eigenvalue weighted by Gasteiger charge is -2.29. The zero-order chi connectivity index (χ0) is 13.9. The Labute approximate surface area is 114 Å². The third-order valence-corrected chi connectivity index (χ3v) is 5.57. The molecule has 0 spiro atoms. The van der Waals surface area contributed by atoms with Gasteiger partial charge in [0.15, 0.2) is 0 Å². The Kier molecular flexibility index (Phi) is 4.58. The lowest BCUT2D eigenvalue weighted by Crippen LogP contribution is -2.39. The molecule has 106 valence electrons. The maximum atomic E-state index is 12.8. The van der Waals surface area contributed by atoms with Crippen LogP contribution in [-0.2, 0) is 16.4 Å². The van der Waals surface area contributed by atoms with E-state index in [2.05, 4.69) is 6.92 Å². The molecule has 0 amide bonds. The fourth-order valence-corrected chi connectivity index (χ4v) is 3.81. The van der Waals surface area contributed by atoms with Crippen molar-refractivity contribution in [3.8, 4) is 0 Å². The van der Waals surface area contributed by atoms with E-state index in [1.807, 2.05) is 0 Å². The first-order chi connectivity index (χ1) is 8.97. The van der Waals surface area contributed by atoms with Gasteiger partial charge in [-0.15, -0.1) is 0 Å². The summed E-state index contributed by atoms with van der Waals surface area (Å²) >= 11 is 0. The highest BCUT2D eigenvalue weighted by Gasteiger charge is 2.25. The van der Waals surface area contributed by atoms with Crippen LogP contribution in [-0.4, -0.2) is 31.6 Å². The van der Waals surface area contributed by atoms with E-state index < -0.39 is 10.0 Å². The summed E-state index contributed by atoms with van der Waals surface area (Å²) in [7, 11) is -3.18. The van der Waals surface area contributed by atoms with Crippen molar-refractivity contribution in [1.82, 2.24) is 4.31 Å². The molecule has 3 nitrogen and oxygen atoms in total. The van der Waals surface area contributed by atoms with Crippen molar-refractivity contribution < 1.29 is 12.8 Å². The average molecular weight is 285 g/mol. The molecule has 1 aromatic carbocycles. The number of sulfonamides is 1. The smallest absolute Gasteiger partial charge is 0.212 e. The minimum absolute atomic E-state index is 0.104. The molecule has 0 atom stereocenters. The summed E-state index contributed by atoms with van der Waals surface area (Å²) in [5.41, 5.74) is 0.857. The SMILES string of the molecule is CC1CCN(S(=O)(=O)CCc2ccc(F)cc2)CC1. The lowest BCUT2D eigenvalue weighted by molar-refractivity contribution is 0.288. The Balaban J connectivity index is 1.92. The number of halogens is 1. The Morgan fingerprint density at radius 3 is 2.37 bits per heavy atom. The van der Waals surface area contributed by atoms with Crippen LogP contribution in [0.4, 0.5) is 4.39 Å². The van der Waals surface area contributed by atoms with Gasteiger partial charge >= 0.3 is 0 Å². The molecule has 0 bridgehead atoms. The van der Waals surface area contributed by atoms with E-state index in [0.29, 0.717) is 25.4 Å². The molecule has 1 fully saturated rings. The van der Waals surface area contributed by atoms with Gasteiger partial charge in [-0.1, -0.05) is 19.1 Å². The molecule has 0 aromatic heterocycles. The van der Waals surface area contributed by atoms with E-state index in [9.17, 15) is 12.8 Å². The minimum atomic E-state index is -3.18. The van der Waals surface area contributed by atoms with Crippen molar-refractivity contribution in [1.29, 1.82) is 0 Å². The number of hydrogen-bond acceptors (Lipinski definition) is 2. The summed E-state index contributed by atoms with van der Waals surface area (Å²) in [6.07, 6.45) is 2.32. The van der Waals surface area contributed by atoms with Crippen LogP contribution in [0.2, 0.25) is 0 Å². The van der Waals surface area contributed by atoms with Gasteiger partial charge < -0.3 is 0 Å². The Hall–Kier alpha value is -0.940. The number of hydrogen-bond donors (Lipinski definition) is 0. The van der Waals surface area contributed by atoms with Gasteiger partial charge in [-0.25, -0.2) is 17.1 Å². The Morgan fingerprint density at radius 1 is 1.21 bits per heavy atom. The van der Waals surface area contributed by atoms with Gasteiger partial charge in [0.05, 0.1) is 5.75 Å². The Bertz CT molecular complexity index is 505. The standard InChI is InChI=1S/C14H20FNO2S/c1-12-6-9-16(10-7-12)19(17,18)11-8-13-2-4-14(15)5-3-13/h2-5,12H,6-11H2,1H3. The second-order valence-electron chi connectivity index (χ2n) is 5.27. The highest BCUT2D eigenvalue weighted by atomic mass is 32.2. The van der Waals surface area contributed by atoms with Gasteiger partial charge in [0.1, 0.15) is 5.82 Å². The zero-order valence-corrected chi connectivity index (χ0v) is 12.0. The van der Waals surface area contributed by atoms with Crippen LogP contribution < -0.4 is 0 Å². The third kappa shape index (κ3) is 4.01. The lowest BCUT2D eigenvalue weighted by atomic mass is 10.0. The van der Waals surface area contributed by atoms with Gasteiger partial charge in [0, 0.05) is 13.1 Å². The Morgan fingerprint density at radius 2 is 1.79 bits per heavy atom. The number of nitrogens with zero attached hydrogens (tertiary/aromatic N) is 1. The highest BCUT2D eigenvalue weighted by molar-refractivity contribution is 7.89. The van der Waals surface area contributed by atoms with E-state index in [4.69, 9.17) is 0 Å². The first kappa shape index (κ1) is 14.5. The predicted octanol–water partition coefficient (Wildman–Crippen LogP) is 2.43. The monoisotopic (exact) mass is 285 g/mol. The molecule has 0 saturated carbocycles. The van der Waals surface area contributed by atoms with Crippen LogP contribution >= 0.6 is 0 Å². The summed E-state index contributed by atoms with van der Waals surface area (Å²) in [4.78, 5) is 0. The van der Waals surface area contributed by atoms with Crippen molar-refractivity contribution in [3.63, 3.8) is 0 Å². The van der Waals surface area contributed by atoms with Gasteiger partial charge in [0.2, 0.25) is 10.0 Å². The molecule has 0 unspecified atom stereocenters. The van der Waals surface area contributed by atoms with Crippen molar-refractivity contribution in [2.45, 2.75) is 26.2 Å². The zero-order valence-electron chi connectivity index (χ0n) is 11.2. The summed E-state index contributed by atoms with van der Waals surface area (Å²) in [5.74, 6) is 0.424. The minimum Gasteiger partial charge on any atom is -0.212 e. The molecule has 1 heterocycles. The first-order valence-corrected chi connectivity index (χ1v) is 8.30. The van der Waals surface area contributed by atoms with Gasteiger partial charge in [-0.05, 0) is 42.9 Å². The molecule has 2 rings (SSSR count). The van der Waals surface area contributed by atoms with Gasteiger partial charge in [-0.3, -0.25) is 0 Å². The van der Waals surface area contributed by atoms with Crippen LogP contribution in [0.5, 0.6) is 0 Å². The van der Waals surface area contributed by atoms with Crippen LogP contribution in [0.3, 0.4) is 0 Å². The highest BCUT2D eigenvalue weighted by Crippen LogP contribution is 2.19. The number of aryl methyl sites for hydroxylation is 1. The largest absolute Gasteiger partial charge is 0.214 e. The number of benzene rings is 1. The van der Waals surface area contributed by atoms with Crippen molar-refractivity contribution >= 4 is 10.0 Å². The summed E-state index contributed by atoms with van der Waals surface area (Å²) in [5, 5.41) is 0. The summed E-state index contributed by atoms with van der Waals surface area (Å²) in [6.45, 7) is 3.42. The fourth-order valence-electron chi connectivity index (χ4n) is 2.29. The summed E-state index contributed by atoms with van der Waals surface area (Å²) in [6, 6.07) is 6.02. The van der Waals surface area contributed by atoms with Crippen molar-refractivity contribution in [3.05, 3.63) is 35.6 Å². The van der Waals surface area contributed by atoms with E-state index in [1.54, 1.807) is 16.4 Å². The van der Waals surface area contributed by atoms with E-state index in [1.165, 1.54) is 12.1 Å². The van der Waals surface area contributed by atoms with Crippen molar-refractivity contribution in [2.75, 3.05) is 18.8 Å². The molecule has 0 N–H and O–H groups in total. The van der Waals surface area contributed by atoms with E-state index in [-0.39, 0.29) is 11.6 Å². The molecular weight excluding hydrogens is 265 g/mol. The number of piperidine rings is 1. The van der Waals surface area contributed by atoms with Crippen LogP contribution in [0.1, 0.15) is 25.3 Å². The third-order valence-electron chi connectivity index (χ3n) is 3.70. The molecule has 19 heavy (non-hydrogen) atoms. The maximum Gasteiger partial charge on any atom is 0.214 e. The van der Waals surface area contributed by atoms with Crippen molar-refractivity contribution in [2.24, 2.45) is 5.92 Å². The molecule has 1 aliphatic heterocycles. The van der Waals surface area contributed by atoms with Crippen LogP contribution in [0.15, 0.2) is 24.3 Å². The van der Waals surface area contributed by atoms with Gasteiger partial charge in [-0.2, -0.15) is 0 Å². The topological polar surface area (TPSA) is 37.4 Å². The number of rotatable bonds is 4. The van der Waals surface area contributed by atoms with Gasteiger partial charge in [0.25, 0.3) is 0 Å². The molecule has 5 heteroatoms. The molecule has 0 aliphatic carbocycles. The maximum absolute atomic E-state index is 12.8. The second-order valence-corrected chi connectivity index (χ2v) is 7.36. The normalized spacial score (nSPS) is 18.6. The molecule has 1 saturated heterocycles. The van der Waals surface area contributed by atoms with Crippen LogP contribution in [0, 0.1) is 11.7 Å². The second kappa shape index (κ2) is 6.01. The average Bonchev–Trinajstić information content (AvgIpc) is 2.39. The first-order valence-electron chi connectivity index (χ1n) is 6.69. The molecule has 1 aliphatic rings. The van der Waals surface area contributed by atoms with E-state index in [0.717, 1.165) is 18.4 Å². The predicted molar refractivity (Wildman–Crippen MR) is 73.9 cm³/mol. The molecule has 0 radical (unpaired) electrons. The molecule has 1 aromatic rings.